The van der Waals surface area contributed by atoms with Gasteiger partial charge < -0.3 is 10.2 Å². The Bertz CT molecular complexity index is 1100. The SMILES string of the molecule is O=C1CN(C(=O)Cc2ccc(F)cc2)[C@@H](c2ccc(F)cc2)c2cc(Cl)ccc2N1. The van der Waals surface area contributed by atoms with E-state index in [0.29, 0.717) is 27.4 Å². The molecule has 1 aliphatic heterocycles. The summed E-state index contributed by atoms with van der Waals surface area (Å²) in [4.78, 5) is 27.2. The summed E-state index contributed by atoms with van der Waals surface area (Å²) in [5.41, 5.74) is 2.43. The van der Waals surface area contributed by atoms with Gasteiger partial charge in [0.15, 0.2) is 0 Å². The van der Waals surface area contributed by atoms with E-state index in [9.17, 15) is 18.4 Å². The van der Waals surface area contributed by atoms with Crippen LogP contribution in [0.15, 0.2) is 66.7 Å². The molecule has 1 N–H and O–H groups in total. The highest BCUT2D eigenvalue weighted by Crippen LogP contribution is 2.37. The van der Waals surface area contributed by atoms with Crippen molar-refractivity contribution in [2.24, 2.45) is 0 Å². The maximum Gasteiger partial charge on any atom is 0.244 e. The Balaban J connectivity index is 1.79. The zero-order valence-electron chi connectivity index (χ0n) is 15.7. The van der Waals surface area contributed by atoms with Gasteiger partial charge in [-0.15, -0.1) is 0 Å². The largest absolute Gasteiger partial charge is 0.324 e. The minimum Gasteiger partial charge on any atom is -0.324 e. The van der Waals surface area contributed by atoms with Gasteiger partial charge in [-0.05, 0) is 53.6 Å². The molecule has 4 nitrogen and oxygen atoms in total. The standard InChI is InChI=1S/C23H17ClF2N2O2/c24-16-5-10-20-19(12-16)23(15-3-8-18(26)9-4-15)28(13-21(29)27-20)22(30)11-14-1-6-17(25)7-2-14/h1-10,12,23H,11,13H2,(H,27,29)/t23-/m0/s1. The summed E-state index contributed by atoms with van der Waals surface area (Å²) >= 11 is 6.20. The van der Waals surface area contributed by atoms with Crippen LogP contribution in [-0.2, 0) is 16.0 Å². The number of halogens is 3. The van der Waals surface area contributed by atoms with Crippen LogP contribution in [0, 0.1) is 11.6 Å². The monoisotopic (exact) mass is 426 g/mol. The van der Waals surface area contributed by atoms with E-state index in [1.165, 1.54) is 41.3 Å². The lowest BCUT2D eigenvalue weighted by molar-refractivity contribution is -0.135. The van der Waals surface area contributed by atoms with Gasteiger partial charge in [0.1, 0.15) is 18.2 Å². The number of hydrogen-bond donors (Lipinski definition) is 1. The van der Waals surface area contributed by atoms with E-state index in [2.05, 4.69) is 5.32 Å². The van der Waals surface area contributed by atoms with Crippen molar-refractivity contribution < 1.29 is 18.4 Å². The first-order valence-corrected chi connectivity index (χ1v) is 9.67. The molecule has 30 heavy (non-hydrogen) atoms. The van der Waals surface area contributed by atoms with Crippen molar-refractivity contribution in [2.75, 3.05) is 11.9 Å². The van der Waals surface area contributed by atoms with Gasteiger partial charge in [0.25, 0.3) is 0 Å². The number of carbonyl (C=O) groups is 2. The van der Waals surface area contributed by atoms with Crippen molar-refractivity contribution in [2.45, 2.75) is 12.5 Å². The summed E-state index contributed by atoms with van der Waals surface area (Å²) in [6.45, 7) is -0.186. The summed E-state index contributed by atoms with van der Waals surface area (Å²) in [6, 6.07) is 15.8. The quantitative estimate of drug-likeness (QED) is 0.658. The molecule has 7 heteroatoms. The fraction of sp³-hybridized carbons (Fsp3) is 0.130. The first-order chi connectivity index (χ1) is 14.4. The molecular weight excluding hydrogens is 410 g/mol. The summed E-state index contributed by atoms with van der Waals surface area (Å²) in [5, 5.41) is 3.25. The minimum absolute atomic E-state index is 0.0127. The normalized spacial score (nSPS) is 15.9. The molecule has 152 valence electrons. The predicted molar refractivity (Wildman–Crippen MR) is 110 cm³/mol. The number of benzene rings is 3. The second-order valence-electron chi connectivity index (χ2n) is 7.06. The average molecular weight is 427 g/mol. The van der Waals surface area contributed by atoms with E-state index in [0.717, 1.165) is 0 Å². The van der Waals surface area contributed by atoms with Gasteiger partial charge in [-0.25, -0.2) is 8.78 Å². The molecule has 0 aromatic heterocycles. The third-order valence-corrected chi connectivity index (χ3v) is 5.22. The molecule has 0 spiro atoms. The van der Waals surface area contributed by atoms with Crippen LogP contribution in [0.5, 0.6) is 0 Å². The van der Waals surface area contributed by atoms with Crippen molar-refractivity contribution in [3.63, 3.8) is 0 Å². The molecule has 0 fully saturated rings. The van der Waals surface area contributed by atoms with E-state index < -0.39 is 17.7 Å². The van der Waals surface area contributed by atoms with Gasteiger partial charge >= 0.3 is 0 Å². The summed E-state index contributed by atoms with van der Waals surface area (Å²) < 4.78 is 26.7. The van der Waals surface area contributed by atoms with E-state index in [4.69, 9.17) is 11.6 Å². The van der Waals surface area contributed by atoms with Crippen LogP contribution in [0.25, 0.3) is 0 Å². The zero-order chi connectivity index (χ0) is 21.3. The summed E-state index contributed by atoms with van der Waals surface area (Å²) in [7, 11) is 0. The van der Waals surface area contributed by atoms with E-state index >= 15 is 0 Å². The van der Waals surface area contributed by atoms with Gasteiger partial charge in [0.05, 0.1) is 12.5 Å². The van der Waals surface area contributed by atoms with E-state index in [-0.39, 0.29) is 24.8 Å². The number of amides is 2. The first-order valence-electron chi connectivity index (χ1n) is 9.29. The second-order valence-corrected chi connectivity index (χ2v) is 7.50. The Hall–Kier alpha value is -3.25. The fourth-order valence-electron chi connectivity index (χ4n) is 3.59. The van der Waals surface area contributed by atoms with Crippen molar-refractivity contribution in [1.29, 1.82) is 0 Å². The number of carbonyl (C=O) groups excluding carboxylic acids is 2. The number of nitrogens with one attached hydrogen (secondary N) is 1. The van der Waals surface area contributed by atoms with E-state index in [1.54, 1.807) is 30.3 Å². The molecule has 1 aliphatic rings. The maximum absolute atomic E-state index is 13.5. The predicted octanol–water partition coefficient (Wildman–Crippen LogP) is 4.73. The lowest BCUT2D eigenvalue weighted by Gasteiger charge is -2.31. The van der Waals surface area contributed by atoms with Crippen LogP contribution in [0.1, 0.15) is 22.7 Å². The molecule has 2 amide bonds. The molecule has 3 aromatic rings. The fourth-order valence-corrected chi connectivity index (χ4v) is 3.77. The zero-order valence-corrected chi connectivity index (χ0v) is 16.5. The molecule has 0 saturated heterocycles. The number of hydrogen-bond acceptors (Lipinski definition) is 2. The molecule has 0 radical (unpaired) electrons. The summed E-state index contributed by atoms with van der Waals surface area (Å²) in [6.07, 6.45) is -0.0127. The third kappa shape index (κ3) is 4.19. The molecule has 0 saturated carbocycles. The van der Waals surface area contributed by atoms with Crippen LogP contribution in [0.3, 0.4) is 0 Å². The first kappa shape index (κ1) is 20.0. The van der Waals surface area contributed by atoms with Gasteiger partial charge in [-0.2, -0.15) is 0 Å². The number of nitrogens with zero attached hydrogens (tertiary/aromatic N) is 1. The molecule has 4 rings (SSSR count). The Labute approximate surface area is 177 Å². The highest BCUT2D eigenvalue weighted by atomic mass is 35.5. The Morgan fingerprint density at radius 2 is 1.63 bits per heavy atom. The van der Waals surface area contributed by atoms with Crippen LogP contribution in [0.4, 0.5) is 14.5 Å². The minimum atomic E-state index is -0.647. The third-order valence-electron chi connectivity index (χ3n) is 4.98. The van der Waals surface area contributed by atoms with E-state index in [1.807, 2.05) is 0 Å². The van der Waals surface area contributed by atoms with Crippen LogP contribution >= 0.6 is 11.6 Å². The molecule has 0 bridgehead atoms. The van der Waals surface area contributed by atoms with Crippen LogP contribution in [-0.4, -0.2) is 23.3 Å². The number of anilines is 1. The van der Waals surface area contributed by atoms with Crippen molar-refractivity contribution in [1.82, 2.24) is 4.90 Å². The number of fused-ring (bicyclic) bond motifs is 1. The molecule has 1 heterocycles. The average Bonchev–Trinajstić information content (AvgIpc) is 2.86. The maximum atomic E-state index is 13.5. The van der Waals surface area contributed by atoms with Crippen molar-refractivity contribution >= 4 is 29.1 Å². The topological polar surface area (TPSA) is 49.4 Å². The van der Waals surface area contributed by atoms with Crippen LogP contribution in [0.2, 0.25) is 5.02 Å². The van der Waals surface area contributed by atoms with Gasteiger partial charge in [-0.3, -0.25) is 9.59 Å². The smallest absolute Gasteiger partial charge is 0.244 e. The molecule has 0 unspecified atom stereocenters. The van der Waals surface area contributed by atoms with Gasteiger partial charge in [0, 0.05) is 16.3 Å². The second kappa shape index (κ2) is 8.24. The molecule has 0 aliphatic carbocycles. The Morgan fingerprint density at radius 1 is 1.00 bits per heavy atom. The van der Waals surface area contributed by atoms with Gasteiger partial charge in [0.2, 0.25) is 11.8 Å². The Morgan fingerprint density at radius 3 is 2.30 bits per heavy atom. The summed E-state index contributed by atoms with van der Waals surface area (Å²) in [5.74, 6) is -1.47. The molecule has 1 atom stereocenters. The number of rotatable bonds is 3. The Kier molecular flexibility index (Phi) is 5.50. The highest BCUT2D eigenvalue weighted by Gasteiger charge is 2.33. The highest BCUT2D eigenvalue weighted by molar-refractivity contribution is 6.30. The van der Waals surface area contributed by atoms with Crippen molar-refractivity contribution in [3.05, 3.63) is 100 Å². The molecule has 3 aromatic carbocycles. The van der Waals surface area contributed by atoms with Crippen LogP contribution < -0.4 is 5.32 Å². The molecular formula is C23H17ClF2N2O2. The lowest BCUT2D eigenvalue weighted by Crippen LogP contribution is -2.39. The van der Waals surface area contributed by atoms with Crippen molar-refractivity contribution in [3.8, 4) is 0 Å². The lowest BCUT2D eigenvalue weighted by atomic mass is 9.95. The van der Waals surface area contributed by atoms with Gasteiger partial charge in [-0.1, -0.05) is 35.9 Å².